The van der Waals surface area contributed by atoms with Crippen molar-refractivity contribution in [3.8, 4) is 5.88 Å². The van der Waals surface area contributed by atoms with E-state index >= 15 is 0 Å². The van der Waals surface area contributed by atoms with Crippen molar-refractivity contribution in [3.05, 3.63) is 23.4 Å². The Morgan fingerprint density at radius 3 is 2.68 bits per heavy atom. The smallest absolute Gasteiger partial charge is 0.213 e. The fraction of sp³-hybridized carbons (Fsp3) is 0.667. The van der Waals surface area contributed by atoms with Gasteiger partial charge < -0.3 is 9.84 Å². The molecule has 106 valence electrons. The van der Waals surface area contributed by atoms with Crippen LogP contribution in [-0.2, 0) is 6.61 Å². The lowest BCUT2D eigenvalue weighted by atomic mass is 10.1. The lowest BCUT2D eigenvalue weighted by Crippen LogP contribution is -2.25. The van der Waals surface area contributed by atoms with Gasteiger partial charge in [0.1, 0.15) is 6.61 Å². The van der Waals surface area contributed by atoms with Gasteiger partial charge in [-0.25, -0.2) is 4.98 Å². The highest BCUT2D eigenvalue weighted by atomic mass is 16.5. The minimum atomic E-state index is 0.0325. The van der Waals surface area contributed by atoms with Crippen LogP contribution in [0.1, 0.15) is 43.9 Å². The van der Waals surface area contributed by atoms with Crippen molar-refractivity contribution < 1.29 is 9.84 Å². The van der Waals surface area contributed by atoms with Gasteiger partial charge in [0.25, 0.3) is 0 Å². The molecule has 4 nitrogen and oxygen atoms in total. The van der Waals surface area contributed by atoms with E-state index in [0.717, 1.165) is 17.8 Å². The molecule has 0 spiro atoms. The van der Waals surface area contributed by atoms with Crippen molar-refractivity contribution in [1.82, 2.24) is 9.88 Å². The SMILES string of the molecule is CC(C)c1cc(CO)cc(OCCN2CCCC2)n1. The first-order valence-electron chi connectivity index (χ1n) is 7.16. The molecule has 0 amide bonds. The Kier molecular flexibility index (Phi) is 5.16. The van der Waals surface area contributed by atoms with Gasteiger partial charge >= 0.3 is 0 Å². The van der Waals surface area contributed by atoms with E-state index in [4.69, 9.17) is 4.74 Å². The highest BCUT2D eigenvalue weighted by Gasteiger charge is 2.11. The number of aliphatic hydroxyl groups is 1. The maximum absolute atomic E-state index is 9.27. The Bertz CT molecular complexity index is 401. The third kappa shape index (κ3) is 4.18. The van der Waals surface area contributed by atoms with Crippen LogP contribution in [0.5, 0.6) is 5.88 Å². The maximum Gasteiger partial charge on any atom is 0.213 e. The molecular formula is C15H24N2O2. The summed E-state index contributed by atoms with van der Waals surface area (Å²) in [6.07, 6.45) is 2.60. The average molecular weight is 264 g/mol. The monoisotopic (exact) mass is 264 g/mol. The Morgan fingerprint density at radius 2 is 2.05 bits per heavy atom. The summed E-state index contributed by atoms with van der Waals surface area (Å²) in [5.41, 5.74) is 1.84. The Labute approximate surface area is 115 Å². The van der Waals surface area contributed by atoms with Gasteiger partial charge in [-0.1, -0.05) is 13.8 Å². The van der Waals surface area contributed by atoms with Gasteiger partial charge in [-0.3, -0.25) is 4.90 Å². The summed E-state index contributed by atoms with van der Waals surface area (Å²) in [7, 11) is 0. The highest BCUT2D eigenvalue weighted by Crippen LogP contribution is 2.19. The molecule has 19 heavy (non-hydrogen) atoms. The minimum absolute atomic E-state index is 0.0325. The van der Waals surface area contributed by atoms with Crippen LogP contribution in [0.3, 0.4) is 0 Å². The summed E-state index contributed by atoms with van der Waals surface area (Å²) in [5.74, 6) is 0.974. The van der Waals surface area contributed by atoms with Crippen molar-refractivity contribution in [3.63, 3.8) is 0 Å². The molecule has 0 unspecified atom stereocenters. The molecule has 1 fully saturated rings. The van der Waals surface area contributed by atoms with E-state index in [1.165, 1.54) is 25.9 Å². The zero-order valence-electron chi connectivity index (χ0n) is 11.9. The third-order valence-corrected chi connectivity index (χ3v) is 3.51. The van der Waals surface area contributed by atoms with Crippen LogP contribution >= 0.6 is 0 Å². The fourth-order valence-electron chi connectivity index (χ4n) is 2.33. The summed E-state index contributed by atoms with van der Waals surface area (Å²) in [6, 6.07) is 3.77. The lowest BCUT2D eigenvalue weighted by molar-refractivity contribution is 0.230. The van der Waals surface area contributed by atoms with E-state index in [9.17, 15) is 5.11 Å². The zero-order valence-corrected chi connectivity index (χ0v) is 11.9. The lowest BCUT2D eigenvalue weighted by Gasteiger charge is -2.15. The van der Waals surface area contributed by atoms with Crippen LogP contribution in [-0.4, -0.2) is 41.2 Å². The highest BCUT2D eigenvalue weighted by molar-refractivity contribution is 5.26. The van der Waals surface area contributed by atoms with E-state index < -0.39 is 0 Å². The largest absolute Gasteiger partial charge is 0.476 e. The van der Waals surface area contributed by atoms with Crippen molar-refractivity contribution in [1.29, 1.82) is 0 Å². The van der Waals surface area contributed by atoms with E-state index in [0.29, 0.717) is 18.4 Å². The molecule has 1 saturated heterocycles. The van der Waals surface area contributed by atoms with E-state index in [-0.39, 0.29) is 6.61 Å². The maximum atomic E-state index is 9.27. The summed E-state index contributed by atoms with van der Waals surface area (Å²) in [6.45, 7) is 8.22. The number of hydrogen-bond donors (Lipinski definition) is 1. The number of pyridine rings is 1. The predicted molar refractivity (Wildman–Crippen MR) is 75.4 cm³/mol. The fourth-order valence-corrected chi connectivity index (χ4v) is 2.33. The van der Waals surface area contributed by atoms with Crippen molar-refractivity contribution in [2.45, 2.75) is 39.2 Å². The molecule has 0 atom stereocenters. The topological polar surface area (TPSA) is 45.6 Å². The van der Waals surface area contributed by atoms with E-state index in [2.05, 4.69) is 23.7 Å². The minimum Gasteiger partial charge on any atom is -0.476 e. The van der Waals surface area contributed by atoms with Gasteiger partial charge in [0.15, 0.2) is 0 Å². The Morgan fingerprint density at radius 1 is 1.32 bits per heavy atom. The molecule has 1 aromatic rings. The predicted octanol–water partition coefficient (Wildman–Crippen LogP) is 2.17. The van der Waals surface area contributed by atoms with Gasteiger partial charge in [0, 0.05) is 18.3 Å². The van der Waals surface area contributed by atoms with Gasteiger partial charge in [-0.05, 0) is 43.5 Å². The third-order valence-electron chi connectivity index (χ3n) is 3.51. The molecule has 1 N–H and O–H groups in total. The van der Waals surface area contributed by atoms with Crippen LogP contribution < -0.4 is 4.74 Å². The summed E-state index contributed by atoms with van der Waals surface area (Å²) < 4.78 is 5.74. The molecule has 0 aliphatic carbocycles. The molecule has 0 radical (unpaired) electrons. The van der Waals surface area contributed by atoms with Gasteiger partial charge in [-0.15, -0.1) is 0 Å². The molecular weight excluding hydrogens is 240 g/mol. The van der Waals surface area contributed by atoms with Crippen molar-refractivity contribution in [2.75, 3.05) is 26.2 Å². The number of aliphatic hydroxyl groups excluding tert-OH is 1. The number of hydrogen-bond acceptors (Lipinski definition) is 4. The van der Waals surface area contributed by atoms with Crippen LogP contribution in [0.4, 0.5) is 0 Å². The van der Waals surface area contributed by atoms with E-state index in [1.807, 2.05) is 12.1 Å². The normalized spacial score (nSPS) is 16.2. The molecule has 4 heteroatoms. The summed E-state index contributed by atoms with van der Waals surface area (Å²) in [4.78, 5) is 6.91. The average Bonchev–Trinajstić information content (AvgIpc) is 2.91. The molecule has 2 rings (SSSR count). The zero-order chi connectivity index (χ0) is 13.7. The quantitative estimate of drug-likeness (QED) is 0.855. The molecule has 2 heterocycles. The number of rotatable bonds is 6. The standard InChI is InChI=1S/C15H24N2O2/c1-12(2)14-9-13(11-18)10-15(16-14)19-8-7-17-5-3-4-6-17/h9-10,12,18H,3-8,11H2,1-2H3. The molecule has 1 aliphatic rings. The van der Waals surface area contributed by atoms with E-state index in [1.54, 1.807) is 0 Å². The molecule has 1 aliphatic heterocycles. The second-order valence-corrected chi connectivity index (χ2v) is 5.45. The van der Waals surface area contributed by atoms with Crippen LogP contribution in [0.15, 0.2) is 12.1 Å². The van der Waals surface area contributed by atoms with Gasteiger partial charge in [0.05, 0.1) is 6.61 Å². The molecule has 1 aromatic heterocycles. The van der Waals surface area contributed by atoms with Crippen molar-refractivity contribution in [2.24, 2.45) is 0 Å². The molecule has 0 saturated carbocycles. The van der Waals surface area contributed by atoms with Crippen molar-refractivity contribution >= 4 is 0 Å². The second kappa shape index (κ2) is 6.87. The first-order valence-corrected chi connectivity index (χ1v) is 7.16. The number of ether oxygens (including phenoxy) is 1. The first kappa shape index (κ1) is 14.3. The van der Waals surface area contributed by atoms with Gasteiger partial charge in [-0.2, -0.15) is 0 Å². The first-order chi connectivity index (χ1) is 9.19. The second-order valence-electron chi connectivity index (χ2n) is 5.45. The summed E-state index contributed by atoms with van der Waals surface area (Å²) in [5, 5.41) is 9.27. The van der Waals surface area contributed by atoms with Crippen LogP contribution in [0.2, 0.25) is 0 Å². The van der Waals surface area contributed by atoms with Crippen LogP contribution in [0.25, 0.3) is 0 Å². The Balaban J connectivity index is 1.92. The summed E-state index contributed by atoms with van der Waals surface area (Å²) >= 11 is 0. The Hall–Kier alpha value is -1.13. The number of likely N-dealkylation sites (tertiary alicyclic amines) is 1. The van der Waals surface area contributed by atoms with Gasteiger partial charge in [0.2, 0.25) is 5.88 Å². The number of nitrogens with zero attached hydrogens (tertiary/aromatic N) is 2. The number of aromatic nitrogens is 1. The van der Waals surface area contributed by atoms with Crippen LogP contribution in [0, 0.1) is 0 Å². The molecule has 0 bridgehead atoms. The molecule has 0 aromatic carbocycles.